The molecule has 1 aromatic rings. The van der Waals surface area contributed by atoms with Gasteiger partial charge in [-0.25, -0.2) is 0 Å². The Balaban J connectivity index is 2.43. The molecule has 0 radical (unpaired) electrons. The molecule has 0 saturated heterocycles. The van der Waals surface area contributed by atoms with Crippen molar-refractivity contribution in [3.8, 4) is 0 Å². The van der Waals surface area contributed by atoms with Crippen molar-refractivity contribution in [2.75, 3.05) is 13.2 Å². The van der Waals surface area contributed by atoms with Crippen LogP contribution in [-0.2, 0) is 4.74 Å². The average Bonchev–Trinajstić information content (AvgIpc) is 2.66. The van der Waals surface area contributed by atoms with Crippen LogP contribution in [0.5, 0.6) is 0 Å². The lowest BCUT2D eigenvalue weighted by atomic mass is 10.1. The van der Waals surface area contributed by atoms with Crippen molar-refractivity contribution in [3.63, 3.8) is 0 Å². The quantitative estimate of drug-likeness (QED) is 0.776. The minimum absolute atomic E-state index is 0.104. The van der Waals surface area contributed by atoms with Crippen molar-refractivity contribution >= 4 is 0 Å². The van der Waals surface area contributed by atoms with Crippen LogP contribution in [0.15, 0.2) is 16.5 Å². The molecule has 92 valence electrons. The number of rotatable bonds is 7. The second kappa shape index (κ2) is 6.71. The summed E-state index contributed by atoms with van der Waals surface area (Å²) in [6.45, 7) is 7.52. The van der Waals surface area contributed by atoms with E-state index in [9.17, 15) is 0 Å². The number of ether oxygens (including phenoxy) is 1. The molecule has 1 rings (SSSR count). The standard InChI is InChI=1S/C13H23NO2/c1-4-5-10(2)9-15-13(8-14)12-7-6-11(3)16-12/h6-7,10,13H,4-5,8-9,14H2,1-3H3. The van der Waals surface area contributed by atoms with E-state index in [4.69, 9.17) is 14.9 Å². The largest absolute Gasteiger partial charge is 0.464 e. The third-order valence-electron chi connectivity index (χ3n) is 2.66. The summed E-state index contributed by atoms with van der Waals surface area (Å²) >= 11 is 0. The summed E-state index contributed by atoms with van der Waals surface area (Å²) in [6, 6.07) is 3.88. The van der Waals surface area contributed by atoms with Gasteiger partial charge in [0.2, 0.25) is 0 Å². The van der Waals surface area contributed by atoms with Crippen molar-refractivity contribution < 1.29 is 9.15 Å². The number of hydrogen-bond donors (Lipinski definition) is 1. The summed E-state index contributed by atoms with van der Waals surface area (Å²) in [5.74, 6) is 2.32. The SMILES string of the molecule is CCCC(C)COC(CN)c1ccc(C)o1. The predicted molar refractivity (Wildman–Crippen MR) is 65.3 cm³/mol. The summed E-state index contributed by atoms with van der Waals surface area (Å²) in [5.41, 5.74) is 5.69. The van der Waals surface area contributed by atoms with Crippen LogP contribution in [-0.4, -0.2) is 13.2 Å². The maximum atomic E-state index is 5.79. The van der Waals surface area contributed by atoms with E-state index in [2.05, 4.69) is 13.8 Å². The van der Waals surface area contributed by atoms with Crippen LogP contribution >= 0.6 is 0 Å². The molecule has 3 heteroatoms. The molecule has 0 fully saturated rings. The topological polar surface area (TPSA) is 48.4 Å². The zero-order chi connectivity index (χ0) is 12.0. The van der Waals surface area contributed by atoms with Crippen LogP contribution < -0.4 is 5.73 Å². The monoisotopic (exact) mass is 225 g/mol. The number of nitrogens with two attached hydrogens (primary N) is 1. The van der Waals surface area contributed by atoms with Gasteiger partial charge in [-0.3, -0.25) is 0 Å². The Morgan fingerprint density at radius 2 is 2.19 bits per heavy atom. The first kappa shape index (κ1) is 13.3. The Morgan fingerprint density at radius 1 is 1.44 bits per heavy atom. The first-order chi connectivity index (χ1) is 7.67. The Morgan fingerprint density at radius 3 is 2.69 bits per heavy atom. The van der Waals surface area contributed by atoms with E-state index in [-0.39, 0.29) is 6.10 Å². The van der Waals surface area contributed by atoms with Crippen LogP contribution in [0.2, 0.25) is 0 Å². The molecular formula is C13H23NO2. The molecule has 0 saturated carbocycles. The first-order valence-electron chi connectivity index (χ1n) is 6.05. The third-order valence-corrected chi connectivity index (χ3v) is 2.66. The van der Waals surface area contributed by atoms with E-state index in [1.54, 1.807) is 0 Å². The molecule has 3 nitrogen and oxygen atoms in total. The smallest absolute Gasteiger partial charge is 0.134 e. The normalized spacial score (nSPS) is 15.0. The highest BCUT2D eigenvalue weighted by Crippen LogP contribution is 2.20. The van der Waals surface area contributed by atoms with E-state index >= 15 is 0 Å². The van der Waals surface area contributed by atoms with Crippen LogP contribution in [0, 0.1) is 12.8 Å². The highest BCUT2D eigenvalue weighted by molar-refractivity contribution is 5.08. The maximum absolute atomic E-state index is 5.79. The van der Waals surface area contributed by atoms with Gasteiger partial charge in [-0.1, -0.05) is 20.3 Å². The third kappa shape index (κ3) is 3.99. The Kier molecular flexibility index (Phi) is 5.56. The van der Waals surface area contributed by atoms with Gasteiger partial charge in [-0.05, 0) is 31.4 Å². The van der Waals surface area contributed by atoms with Crippen LogP contribution in [0.25, 0.3) is 0 Å². The molecule has 0 aliphatic heterocycles. The summed E-state index contributed by atoms with van der Waals surface area (Å²) in [6.07, 6.45) is 2.28. The molecular weight excluding hydrogens is 202 g/mol. The fourth-order valence-corrected chi connectivity index (χ4v) is 1.75. The molecule has 0 amide bonds. The lowest BCUT2D eigenvalue weighted by Crippen LogP contribution is -2.18. The van der Waals surface area contributed by atoms with Crippen molar-refractivity contribution in [1.82, 2.24) is 0 Å². The molecule has 1 heterocycles. The average molecular weight is 225 g/mol. The van der Waals surface area contributed by atoms with E-state index in [1.165, 1.54) is 12.8 Å². The zero-order valence-electron chi connectivity index (χ0n) is 10.5. The second-order valence-corrected chi connectivity index (χ2v) is 4.40. The van der Waals surface area contributed by atoms with Gasteiger partial charge in [-0.2, -0.15) is 0 Å². The van der Waals surface area contributed by atoms with Crippen molar-refractivity contribution in [1.29, 1.82) is 0 Å². The summed E-state index contributed by atoms with van der Waals surface area (Å²) in [7, 11) is 0. The molecule has 0 spiro atoms. The molecule has 16 heavy (non-hydrogen) atoms. The molecule has 1 aromatic heterocycles. The summed E-state index contributed by atoms with van der Waals surface area (Å²) < 4.78 is 11.3. The minimum atomic E-state index is -0.104. The van der Waals surface area contributed by atoms with Gasteiger partial charge in [0.25, 0.3) is 0 Å². The van der Waals surface area contributed by atoms with Gasteiger partial charge in [-0.15, -0.1) is 0 Å². The van der Waals surface area contributed by atoms with Gasteiger partial charge >= 0.3 is 0 Å². The molecule has 0 aliphatic carbocycles. The molecule has 0 bridgehead atoms. The molecule has 2 atom stereocenters. The molecule has 2 unspecified atom stereocenters. The van der Waals surface area contributed by atoms with Gasteiger partial charge in [0.15, 0.2) is 0 Å². The van der Waals surface area contributed by atoms with Gasteiger partial charge in [0, 0.05) is 6.54 Å². The van der Waals surface area contributed by atoms with E-state index in [0.29, 0.717) is 12.5 Å². The van der Waals surface area contributed by atoms with E-state index in [0.717, 1.165) is 18.1 Å². The fourth-order valence-electron chi connectivity index (χ4n) is 1.75. The van der Waals surface area contributed by atoms with Gasteiger partial charge < -0.3 is 14.9 Å². The molecule has 0 aliphatic rings. The number of furan rings is 1. The Labute approximate surface area is 98.0 Å². The fraction of sp³-hybridized carbons (Fsp3) is 0.692. The number of hydrogen-bond acceptors (Lipinski definition) is 3. The predicted octanol–water partition coefficient (Wildman–Crippen LogP) is 3.04. The summed E-state index contributed by atoms with van der Waals surface area (Å²) in [5, 5.41) is 0. The molecule has 2 N–H and O–H groups in total. The van der Waals surface area contributed by atoms with Crippen LogP contribution in [0.1, 0.15) is 44.3 Å². The Hall–Kier alpha value is -0.800. The minimum Gasteiger partial charge on any atom is -0.464 e. The van der Waals surface area contributed by atoms with Crippen molar-refractivity contribution in [2.45, 2.75) is 39.7 Å². The highest BCUT2D eigenvalue weighted by Gasteiger charge is 2.15. The second-order valence-electron chi connectivity index (χ2n) is 4.40. The van der Waals surface area contributed by atoms with Crippen molar-refractivity contribution in [2.24, 2.45) is 11.7 Å². The lowest BCUT2D eigenvalue weighted by molar-refractivity contribution is 0.0220. The van der Waals surface area contributed by atoms with Crippen LogP contribution in [0.3, 0.4) is 0 Å². The van der Waals surface area contributed by atoms with Crippen LogP contribution in [0.4, 0.5) is 0 Å². The highest BCUT2D eigenvalue weighted by atomic mass is 16.5. The zero-order valence-corrected chi connectivity index (χ0v) is 10.5. The van der Waals surface area contributed by atoms with Gasteiger partial charge in [0.05, 0.1) is 6.61 Å². The summed E-state index contributed by atoms with van der Waals surface area (Å²) in [4.78, 5) is 0. The van der Waals surface area contributed by atoms with E-state index in [1.807, 2.05) is 19.1 Å². The number of aryl methyl sites for hydroxylation is 1. The first-order valence-corrected chi connectivity index (χ1v) is 6.05. The Bertz CT molecular complexity index is 296. The van der Waals surface area contributed by atoms with E-state index < -0.39 is 0 Å². The van der Waals surface area contributed by atoms with Crippen molar-refractivity contribution in [3.05, 3.63) is 23.7 Å². The lowest BCUT2D eigenvalue weighted by Gasteiger charge is -2.17. The van der Waals surface area contributed by atoms with Gasteiger partial charge in [0.1, 0.15) is 17.6 Å². The molecule has 0 aromatic carbocycles. The maximum Gasteiger partial charge on any atom is 0.134 e.